The maximum Gasteiger partial charge on any atom is 0.245 e. The number of H-pyrrole nitrogens is 3. The highest BCUT2D eigenvalue weighted by molar-refractivity contribution is 7.90. The number of aryl methyl sites for hydroxylation is 1. The highest BCUT2D eigenvalue weighted by atomic mass is 32.2. The highest BCUT2D eigenvalue weighted by Crippen LogP contribution is 2.24. The summed E-state index contributed by atoms with van der Waals surface area (Å²) in [6, 6.07) is -1.98. The van der Waals surface area contributed by atoms with E-state index >= 15 is 14.4 Å². The minimum absolute atomic E-state index is 0.00122. The molecule has 2 fully saturated rings. The number of primary amides is 2. The van der Waals surface area contributed by atoms with Gasteiger partial charge in [-0.3, -0.25) is 86.8 Å². The predicted octanol–water partition coefficient (Wildman–Crippen LogP) is -3.48. The summed E-state index contributed by atoms with van der Waals surface area (Å²) in [6.45, 7) is -1.27. The Labute approximate surface area is 788 Å². The Hall–Kier alpha value is -13.1. The summed E-state index contributed by atoms with van der Waals surface area (Å²) in [5.74, 6) is -15.3. The number of hydrogen-bond donors (Lipinski definition) is 24. The number of carbonyl (C=O) groups excluding carboxylic acids is 16. The maximum absolute atomic E-state index is 15.3. The molecule has 0 bridgehead atoms. The molecule has 47 nitrogen and oxygen atoms in total. The Balaban J connectivity index is 0.981. The van der Waals surface area contributed by atoms with Crippen LogP contribution in [0.3, 0.4) is 0 Å². The molecule has 2 aromatic carbocycles. The highest BCUT2D eigenvalue weighted by Gasteiger charge is 2.44. The topological polar surface area (TPSA) is 746 Å². The summed E-state index contributed by atoms with van der Waals surface area (Å²) >= 11 is 0. The Morgan fingerprint density at radius 2 is 1.23 bits per heavy atom. The molecule has 0 spiro atoms. The number of aliphatic hydroxyl groups is 2. The second kappa shape index (κ2) is 58.9. The van der Waals surface area contributed by atoms with Crippen LogP contribution in [0.1, 0.15) is 216 Å². The van der Waals surface area contributed by atoms with E-state index in [1.54, 1.807) is 61.7 Å². The smallest absolute Gasteiger partial charge is 0.245 e. The van der Waals surface area contributed by atoms with Crippen LogP contribution in [-0.2, 0) is 112 Å². The molecule has 0 unspecified atom stereocenters. The second-order valence-electron chi connectivity index (χ2n) is 34.1. The van der Waals surface area contributed by atoms with E-state index in [4.69, 9.17) is 28.3 Å². The van der Waals surface area contributed by atoms with Gasteiger partial charge in [-0.1, -0.05) is 139 Å². The van der Waals surface area contributed by atoms with Crippen molar-refractivity contribution in [2.24, 2.45) is 22.9 Å². The van der Waals surface area contributed by atoms with Crippen molar-refractivity contribution in [2.45, 2.75) is 291 Å². The number of benzene rings is 2. The van der Waals surface area contributed by atoms with Crippen LogP contribution < -0.4 is 96.8 Å². The van der Waals surface area contributed by atoms with Crippen LogP contribution in [0.2, 0.25) is 0 Å². The molecule has 748 valence electrons. The molecule has 2 saturated heterocycles. The molecule has 16 amide bonds. The van der Waals surface area contributed by atoms with Gasteiger partial charge in [-0.25, -0.2) is 18.5 Å². The number of tetrazole rings is 1. The Morgan fingerprint density at radius 1 is 0.618 bits per heavy atom. The number of rotatable bonds is 53. The van der Waals surface area contributed by atoms with Gasteiger partial charge in [0, 0.05) is 113 Å². The van der Waals surface area contributed by atoms with Crippen LogP contribution >= 0.6 is 0 Å². The molecule has 2 aliphatic heterocycles. The van der Waals surface area contributed by atoms with Crippen molar-refractivity contribution in [3.8, 4) is 0 Å². The van der Waals surface area contributed by atoms with Gasteiger partial charge < -0.3 is 117 Å². The molecule has 5 aromatic rings. The molecule has 136 heavy (non-hydrogen) atoms. The van der Waals surface area contributed by atoms with E-state index in [-0.39, 0.29) is 95.4 Å². The first kappa shape index (κ1) is 110. The monoisotopic (exact) mass is 1920 g/mol. The normalized spacial score (nSPS) is 18.9. The van der Waals surface area contributed by atoms with Gasteiger partial charge in [0.1, 0.15) is 72.3 Å². The Morgan fingerprint density at radius 3 is 1.88 bits per heavy atom. The summed E-state index contributed by atoms with van der Waals surface area (Å²) in [7, 11) is -4.12. The first-order chi connectivity index (χ1) is 65.2. The minimum atomic E-state index is -4.12. The number of imidazole rings is 1. The van der Waals surface area contributed by atoms with Crippen LogP contribution in [-0.4, -0.2) is 277 Å². The minimum Gasteiger partial charge on any atom is -0.394 e. The molecule has 2 aliphatic rings. The summed E-state index contributed by atoms with van der Waals surface area (Å²) in [5, 5.41) is 77.2. The molecule has 0 aliphatic carbocycles. The fourth-order valence-corrected chi connectivity index (χ4v) is 16.7. The molecule has 48 heteroatoms. The van der Waals surface area contributed by atoms with Crippen LogP contribution in [0.25, 0.3) is 10.9 Å². The van der Waals surface area contributed by atoms with Gasteiger partial charge in [0.05, 0.1) is 31.3 Å². The number of nitrogens with zero attached hydrogens (tertiary/aromatic N) is 5. The first-order valence-electron chi connectivity index (χ1n) is 46.6. The molecular weight excluding hydrogens is 1790 g/mol. The summed E-state index contributed by atoms with van der Waals surface area (Å²) in [5.41, 5.74) is 25.1. The van der Waals surface area contributed by atoms with Crippen molar-refractivity contribution in [2.75, 3.05) is 45.1 Å². The number of amides is 16. The summed E-state index contributed by atoms with van der Waals surface area (Å²) in [6.07, 6.45) is 14.1. The fraction of sp³-hybridized carbons (Fsp3) is 0.602. The number of guanidine groups is 1. The largest absolute Gasteiger partial charge is 0.394 e. The molecule has 28 N–H and O–H groups in total. The van der Waals surface area contributed by atoms with Gasteiger partial charge in [0.15, 0.2) is 5.96 Å². The van der Waals surface area contributed by atoms with Gasteiger partial charge in [0.25, 0.3) is 0 Å². The van der Waals surface area contributed by atoms with E-state index in [0.717, 1.165) is 68.5 Å². The van der Waals surface area contributed by atoms with Crippen LogP contribution in [0.4, 0.5) is 0 Å². The van der Waals surface area contributed by atoms with E-state index in [1.807, 2.05) is 10.8 Å². The zero-order valence-electron chi connectivity index (χ0n) is 76.8. The lowest BCUT2D eigenvalue weighted by molar-refractivity contribution is -0.143. The SMILES string of the molecule is CCCC[C@H](NC(=O)[C@H](CN)NC(=O)[C@H](Cc1cnc[nH]1)NC(=O)[C@@H](CCC(N)=O)NC(=O)[C@H](CO)NC(=O)CNC(=O)CCCS(=O)(=O)NC(=O)CCCCCCCCCCCCCCCc1nnn[nH]1)C(=O)N[C@H]1CCC(=O)NCCCC[C@@H](C(N)=O)NC(=O)[C@H](Cc2c[nH]c3ccccc23)NC(=O)[C@H](CCCNC(=N)N)NC(=O)[C@@H](Cc2ccccc2)NC(=O)[C@@H]2C[C@@H](O)CN2C1=O. The number of para-hydroxylation sites is 1. The molecule has 7 rings (SSSR count). The van der Waals surface area contributed by atoms with Crippen molar-refractivity contribution in [3.05, 3.63) is 96.0 Å². The average molecular weight is 1920 g/mol. The molecular formula is C88H135N27O20S. The van der Waals surface area contributed by atoms with Crippen molar-refractivity contribution in [1.82, 2.24) is 114 Å². The van der Waals surface area contributed by atoms with Crippen LogP contribution in [0.5, 0.6) is 0 Å². The third-order valence-corrected chi connectivity index (χ3v) is 24.5. The van der Waals surface area contributed by atoms with Crippen molar-refractivity contribution >= 4 is 121 Å². The maximum atomic E-state index is 15.3. The van der Waals surface area contributed by atoms with Gasteiger partial charge in [0.2, 0.25) is 105 Å². The number of sulfonamides is 1. The number of carbonyl (C=O) groups is 16. The Kier molecular flexibility index (Phi) is 47.6. The average Bonchev–Trinajstić information content (AvgIpc) is 1.66. The fourth-order valence-electron chi connectivity index (χ4n) is 15.6. The van der Waals surface area contributed by atoms with Gasteiger partial charge in [-0.05, 0) is 98.2 Å². The van der Waals surface area contributed by atoms with E-state index in [1.165, 1.54) is 38.2 Å². The van der Waals surface area contributed by atoms with Gasteiger partial charge >= 0.3 is 0 Å². The molecule has 3 aromatic heterocycles. The number of unbranched alkanes of at least 4 members (excludes halogenated alkanes) is 13. The second-order valence-corrected chi connectivity index (χ2v) is 35.9. The number of nitrogens with two attached hydrogens (primary N) is 4. The lowest BCUT2D eigenvalue weighted by atomic mass is 10.0. The van der Waals surface area contributed by atoms with Gasteiger partial charge in [-0.2, -0.15) is 0 Å². The van der Waals surface area contributed by atoms with Crippen LogP contribution in [0, 0.1) is 5.41 Å². The standard InChI is InChI=1S/C88H135N27O20S/c1-2-3-29-61(78(124)105-64-37-39-74(120)95-40-23-22-31-60(77(91)123)101-82(128)66(44-55-48-97-59-30-21-20-28-58(55)59)106-79(125)62(32-24-41-96-88(92)93)102-81(127)65(43-54-26-16-15-17-27-54)108-86(132)70-46-57(117)51-115(70)87(64)133)103-84(130)68(47-89)109-83(129)67(45-56-49-94-53-99-56)107-80(126)63(36-38-71(90)118)104-85(131)69(52-116)100-76(122)50-98-73(119)35-25-42-136(134,135)112-75(121)34-19-14-12-10-8-6-4-5-7-9-11-13-18-33-72-110-113-114-111-72/h15-17,20-21,26-28,30,48-49,53,57,60-70,97,116-117H,2-14,18-19,22-25,29,31-47,50-52,89H2,1H3,(H2,90,118)(H2,91,123)(H,94,99)(H,95,120)(H,98,119)(H,100,122)(H,101,128)(H,102,127)(H,103,130)(H,104,131)(H,105,124)(H,106,125)(H,107,126)(H,108,132)(H,109,129)(H,112,121)(H4,92,93,96)(H,110,111,113,114)/t57-,60+,61+,62+,63-,64+,65-,66+,67+,68+,69+,70+/m1/s1. The van der Waals surface area contributed by atoms with E-state index in [0.29, 0.717) is 34.9 Å². The number of hydrogen-bond acceptors (Lipinski definition) is 26. The quantitative estimate of drug-likeness (QED) is 0.0102. The summed E-state index contributed by atoms with van der Waals surface area (Å²) < 4.78 is 27.5. The zero-order chi connectivity index (χ0) is 98.9. The zero-order valence-corrected chi connectivity index (χ0v) is 77.7. The third-order valence-electron chi connectivity index (χ3n) is 23.2. The number of fused-ring (bicyclic) bond motifs is 2. The number of aromatic nitrogens is 7. The predicted molar refractivity (Wildman–Crippen MR) is 495 cm³/mol. The summed E-state index contributed by atoms with van der Waals surface area (Å²) in [4.78, 5) is 236. The number of aliphatic hydroxyl groups excluding tert-OH is 2. The molecule has 12 atom stereocenters. The van der Waals surface area contributed by atoms with Crippen molar-refractivity contribution < 1.29 is 95.3 Å². The molecule has 0 saturated carbocycles. The first-order valence-corrected chi connectivity index (χ1v) is 48.2. The third kappa shape index (κ3) is 39.8. The lowest BCUT2D eigenvalue weighted by Crippen LogP contribution is -2.62. The van der Waals surface area contributed by atoms with Crippen molar-refractivity contribution in [1.29, 1.82) is 5.41 Å². The van der Waals surface area contributed by atoms with Gasteiger partial charge in [-0.15, -0.1) is 5.10 Å². The lowest BCUT2D eigenvalue weighted by Gasteiger charge is -2.31. The molecule has 0 radical (unpaired) electrons. The van der Waals surface area contributed by atoms with E-state index in [9.17, 15) is 81.0 Å². The Bertz CT molecular complexity index is 4860. The molecule has 5 heterocycles. The number of aromatic amines is 3. The van der Waals surface area contributed by atoms with E-state index in [2.05, 4.69) is 105 Å². The number of nitrogens with one attached hydrogen (secondary N) is 18. The van der Waals surface area contributed by atoms with Crippen molar-refractivity contribution in [3.63, 3.8) is 0 Å². The van der Waals surface area contributed by atoms with E-state index < -0.39 is 254 Å². The van der Waals surface area contributed by atoms with Crippen LogP contribution in [0.15, 0.2) is 73.3 Å².